The number of nitrogens with zero attached hydrogens (tertiary/aromatic N) is 5. The molecule has 0 saturated carbocycles. The van der Waals surface area contributed by atoms with E-state index in [1.807, 2.05) is 43.2 Å². The summed E-state index contributed by atoms with van der Waals surface area (Å²) in [5, 5.41) is 0. The van der Waals surface area contributed by atoms with Crippen LogP contribution in [0.4, 0.5) is 5.95 Å². The third-order valence-corrected chi connectivity index (χ3v) is 3.13. The number of hydrogen-bond acceptors (Lipinski definition) is 5. The molecule has 1 aliphatic rings. The Hall–Kier alpha value is -1.69. The highest BCUT2D eigenvalue weighted by molar-refractivity contribution is 5.78. The predicted octanol–water partition coefficient (Wildman–Crippen LogP) is -0.00478. The van der Waals surface area contributed by atoms with Gasteiger partial charge in [0.2, 0.25) is 11.9 Å². The lowest BCUT2D eigenvalue weighted by molar-refractivity contribution is -0.132. The van der Waals surface area contributed by atoms with E-state index < -0.39 is 0 Å². The molecule has 0 bridgehead atoms. The summed E-state index contributed by atoms with van der Waals surface area (Å²) in [4.78, 5) is 26.5. The van der Waals surface area contributed by atoms with Crippen LogP contribution in [0.5, 0.6) is 0 Å². The first-order valence-corrected chi connectivity index (χ1v) is 6.52. The molecule has 0 N–H and O–H groups in total. The quantitative estimate of drug-likeness (QED) is 0.768. The maximum atomic E-state index is 11.9. The van der Waals surface area contributed by atoms with Crippen molar-refractivity contribution in [2.75, 3.05) is 51.7 Å². The number of likely N-dealkylation sites (N-methyl/N-ethyl adjacent to an activating group) is 1. The average molecular weight is 263 g/mol. The van der Waals surface area contributed by atoms with Gasteiger partial charge in [-0.2, -0.15) is 0 Å². The number of aryl methyl sites for hydroxylation is 1. The average Bonchev–Trinajstić information content (AvgIpc) is 2.39. The summed E-state index contributed by atoms with van der Waals surface area (Å²) in [6, 6.07) is 0. The second kappa shape index (κ2) is 5.97. The number of piperazine rings is 1. The molecule has 0 radical (unpaired) electrons. The highest BCUT2D eigenvalue weighted by Gasteiger charge is 2.22. The number of anilines is 1. The number of rotatable bonds is 3. The molecule has 1 saturated heterocycles. The molecule has 0 atom stereocenters. The van der Waals surface area contributed by atoms with Crippen LogP contribution in [0.3, 0.4) is 0 Å². The van der Waals surface area contributed by atoms with Crippen molar-refractivity contribution in [1.29, 1.82) is 0 Å². The smallest absolute Gasteiger partial charge is 0.236 e. The van der Waals surface area contributed by atoms with Crippen LogP contribution in [0, 0.1) is 6.92 Å². The molecule has 19 heavy (non-hydrogen) atoms. The van der Waals surface area contributed by atoms with E-state index >= 15 is 0 Å². The third kappa shape index (κ3) is 3.64. The van der Waals surface area contributed by atoms with Gasteiger partial charge in [-0.05, 0) is 26.6 Å². The summed E-state index contributed by atoms with van der Waals surface area (Å²) >= 11 is 0. The molecule has 6 nitrogen and oxygen atoms in total. The van der Waals surface area contributed by atoms with Crippen molar-refractivity contribution in [3.8, 4) is 0 Å². The standard InChI is InChI=1S/C13H21N5O/c1-11-8-14-13(15-9-11)18-6-4-17(5-7-18)12(19)10-16(2)3/h8-9H,4-7,10H2,1-3H3. The van der Waals surface area contributed by atoms with Gasteiger partial charge in [0.15, 0.2) is 0 Å². The molecule has 2 rings (SSSR count). The molecule has 0 aliphatic carbocycles. The normalized spacial score (nSPS) is 16.0. The molecule has 1 aliphatic heterocycles. The van der Waals surface area contributed by atoms with Gasteiger partial charge in [0, 0.05) is 38.6 Å². The Morgan fingerprint density at radius 1 is 1.21 bits per heavy atom. The van der Waals surface area contributed by atoms with Gasteiger partial charge < -0.3 is 14.7 Å². The maximum Gasteiger partial charge on any atom is 0.236 e. The monoisotopic (exact) mass is 263 g/mol. The van der Waals surface area contributed by atoms with Crippen molar-refractivity contribution in [2.45, 2.75) is 6.92 Å². The molecule has 2 heterocycles. The van der Waals surface area contributed by atoms with E-state index in [1.165, 1.54) is 0 Å². The zero-order chi connectivity index (χ0) is 13.8. The summed E-state index contributed by atoms with van der Waals surface area (Å²) in [6.45, 7) is 5.51. The van der Waals surface area contributed by atoms with E-state index in [4.69, 9.17) is 0 Å². The van der Waals surface area contributed by atoms with E-state index in [2.05, 4.69) is 14.9 Å². The van der Waals surface area contributed by atoms with Crippen LogP contribution < -0.4 is 4.90 Å². The van der Waals surface area contributed by atoms with Crippen molar-refractivity contribution < 1.29 is 4.79 Å². The lowest BCUT2D eigenvalue weighted by Crippen LogP contribution is -2.51. The highest BCUT2D eigenvalue weighted by Crippen LogP contribution is 2.10. The first-order chi connectivity index (χ1) is 9.06. The Morgan fingerprint density at radius 3 is 2.32 bits per heavy atom. The minimum absolute atomic E-state index is 0.189. The highest BCUT2D eigenvalue weighted by atomic mass is 16.2. The zero-order valence-electron chi connectivity index (χ0n) is 11.8. The fourth-order valence-electron chi connectivity index (χ4n) is 2.08. The number of amides is 1. The van der Waals surface area contributed by atoms with E-state index in [1.54, 1.807) is 0 Å². The van der Waals surface area contributed by atoms with Crippen molar-refractivity contribution >= 4 is 11.9 Å². The number of hydrogen-bond donors (Lipinski definition) is 0. The van der Waals surface area contributed by atoms with Crippen molar-refractivity contribution in [3.63, 3.8) is 0 Å². The van der Waals surface area contributed by atoms with Gasteiger partial charge in [-0.1, -0.05) is 0 Å². The summed E-state index contributed by atoms with van der Waals surface area (Å²) in [5.41, 5.74) is 1.06. The molecular formula is C13H21N5O. The first-order valence-electron chi connectivity index (χ1n) is 6.52. The Labute approximate surface area is 114 Å². The Bertz CT molecular complexity index is 423. The fourth-order valence-corrected chi connectivity index (χ4v) is 2.08. The van der Waals surface area contributed by atoms with Crippen molar-refractivity contribution in [3.05, 3.63) is 18.0 Å². The number of carbonyl (C=O) groups excluding carboxylic acids is 1. The molecule has 0 unspecified atom stereocenters. The topological polar surface area (TPSA) is 52.6 Å². The van der Waals surface area contributed by atoms with Crippen LogP contribution in [0.1, 0.15) is 5.56 Å². The lowest BCUT2D eigenvalue weighted by atomic mass is 10.3. The fraction of sp³-hybridized carbons (Fsp3) is 0.615. The summed E-state index contributed by atoms with van der Waals surface area (Å²) in [5.74, 6) is 0.944. The molecule has 104 valence electrons. The van der Waals surface area contributed by atoms with Gasteiger partial charge >= 0.3 is 0 Å². The second-order valence-corrected chi connectivity index (χ2v) is 5.17. The minimum Gasteiger partial charge on any atom is -0.338 e. The van der Waals surface area contributed by atoms with Gasteiger partial charge in [0.25, 0.3) is 0 Å². The molecule has 6 heteroatoms. The molecule has 1 aromatic rings. The van der Waals surface area contributed by atoms with Crippen LogP contribution in [-0.2, 0) is 4.79 Å². The lowest BCUT2D eigenvalue weighted by Gasteiger charge is -2.35. The van der Waals surface area contributed by atoms with Crippen LogP contribution in [0.2, 0.25) is 0 Å². The van der Waals surface area contributed by atoms with Gasteiger partial charge in [-0.3, -0.25) is 4.79 Å². The Balaban J connectivity index is 1.88. The van der Waals surface area contributed by atoms with Crippen molar-refractivity contribution in [1.82, 2.24) is 19.8 Å². The minimum atomic E-state index is 0.189. The maximum absolute atomic E-state index is 11.9. The van der Waals surface area contributed by atoms with Crippen LogP contribution >= 0.6 is 0 Å². The Morgan fingerprint density at radius 2 is 1.79 bits per heavy atom. The summed E-state index contributed by atoms with van der Waals surface area (Å²) in [6.07, 6.45) is 3.65. The van der Waals surface area contributed by atoms with Gasteiger partial charge in [0.1, 0.15) is 0 Å². The predicted molar refractivity (Wildman–Crippen MR) is 74.1 cm³/mol. The van der Waals surface area contributed by atoms with Gasteiger partial charge in [-0.25, -0.2) is 9.97 Å². The molecule has 1 fully saturated rings. The first kappa shape index (κ1) is 13.7. The largest absolute Gasteiger partial charge is 0.338 e. The Kier molecular flexibility index (Phi) is 4.31. The van der Waals surface area contributed by atoms with Crippen LogP contribution in [-0.4, -0.2) is 72.5 Å². The van der Waals surface area contributed by atoms with E-state index in [0.29, 0.717) is 6.54 Å². The van der Waals surface area contributed by atoms with Crippen LogP contribution in [0.25, 0.3) is 0 Å². The molecule has 0 aromatic carbocycles. The molecular weight excluding hydrogens is 242 g/mol. The summed E-state index contributed by atoms with van der Waals surface area (Å²) in [7, 11) is 3.82. The van der Waals surface area contributed by atoms with E-state index in [0.717, 1.165) is 37.7 Å². The number of carbonyl (C=O) groups is 1. The SMILES string of the molecule is Cc1cnc(N2CCN(C(=O)CN(C)C)CC2)nc1. The molecule has 1 aromatic heterocycles. The van der Waals surface area contributed by atoms with Gasteiger partial charge in [0.05, 0.1) is 6.54 Å². The van der Waals surface area contributed by atoms with Crippen molar-refractivity contribution in [2.24, 2.45) is 0 Å². The van der Waals surface area contributed by atoms with E-state index in [-0.39, 0.29) is 5.91 Å². The molecule has 0 spiro atoms. The second-order valence-electron chi connectivity index (χ2n) is 5.17. The zero-order valence-corrected chi connectivity index (χ0v) is 11.8. The molecule has 1 amide bonds. The van der Waals surface area contributed by atoms with E-state index in [9.17, 15) is 4.79 Å². The third-order valence-electron chi connectivity index (χ3n) is 3.13. The van der Waals surface area contributed by atoms with Crippen LogP contribution in [0.15, 0.2) is 12.4 Å². The summed E-state index contributed by atoms with van der Waals surface area (Å²) < 4.78 is 0. The van der Waals surface area contributed by atoms with Gasteiger partial charge in [-0.15, -0.1) is 0 Å². The number of aromatic nitrogens is 2.